The molecule has 0 aliphatic heterocycles. The molecular formula is C20H23N3O2. The van der Waals surface area contributed by atoms with Crippen molar-refractivity contribution in [2.75, 3.05) is 6.61 Å². The summed E-state index contributed by atoms with van der Waals surface area (Å²) >= 11 is 0. The predicted octanol–water partition coefficient (Wildman–Crippen LogP) is 2.85. The molecule has 5 nitrogen and oxygen atoms in total. The van der Waals surface area contributed by atoms with Gasteiger partial charge < -0.3 is 10.4 Å². The van der Waals surface area contributed by atoms with Crippen molar-refractivity contribution >= 4 is 16.9 Å². The van der Waals surface area contributed by atoms with Gasteiger partial charge in [0, 0.05) is 18.5 Å². The van der Waals surface area contributed by atoms with Crippen LogP contribution >= 0.6 is 0 Å². The van der Waals surface area contributed by atoms with Gasteiger partial charge in [0.25, 0.3) is 0 Å². The molecule has 0 saturated heterocycles. The lowest BCUT2D eigenvalue weighted by atomic mass is 10.2. The number of aromatic nitrogens is 2. The smallest absolute Gasteiger partial charge is 0.220 e. The zero-order chi connectivity index (χ0) is 17.6. The van der Waals surface area contributed by atoms with E-state index >= 15 is 0 Å². The third-order valence-electron chi connectivity index (χ3n) is 4.30. The van der Waals surface area contributed by atoms with E-state index in [4.69, 9.17) is 4.98 Å². The van der Waals surface area contributed by atoms with Crippen molar-refractivity contribution in [3.05, 3.63) is 60.4 Å². The van der Waals surface area contributed by atoms with E-state index in [-0.39, 0.29) is 18.6 Å². The van der Waals surface area contributed by atoms with Crippen LogP contribution in [0.2, 0.25) is 0 Å². The SMILES string of the molecule is CCC(CO)NC(=O)CCc1nc2ccccc2n1-c1ccccc1. The first kappa shape index (κ1) is 17.2. The standard InChI is InChI=1S/C20H23N3O2/c1-2-15(14-24)21-20(25)13-12-19-22-17-10-6-7-11-18(17)23(19)16-8-4-3-5-9-16/h3-11,15,24H,2,12-14H2,1H3,(H,21,25). The van der Waals surface area contributed by atoms with E-state index in [0.717, 1.165) is 22.5 Å². The van der Waals surface area contributed by atoms with Gasteiger partial charge in [-0.2, -0.15) is 0 Å². The van der Waals surface area contributed by atoms with Gasteiger partial charge in [-0.1, -0.05) is 37.3 Å². The van der Waals surface area contributed by atoms with E-state index in [1.807, 2.05) is 61.5 Å². The molecule has 0 saturated carbocycles. The molecule has 0 fully saturated rings. The fourth-order valence-electron chi connectivity index (χ4n) is 2.91. The van der Waals surface area contributed by atoms with Gasteiger partial charge in [-0.15, -0.1) is 0 Å². The number of imidazole rings is 1. The molecule has 0 bridgehead atoms. The van der Waals surface area contributed by atoms with Crippen LogP contribution in [0.15, 0.2) is 54.6 Å². The number of aryl methyl sites for hydroxylation is 1. The molecule has 0 aliphatic carbocycles. The first-order valence-corrected chi connectivity index (χ1v) is 8.65. The van der Waals surface area contributed by atoms with Crippen LogP contribution < -0.4 is 5.32 Å². The van der Waals surface area contributed by atoms with Gasteiger partial charge in [0.05, 0.1) is 23.7 Å². The number of benzene rings is 2. The molecule has 1 amide bonds. The fourth-order valence-corrected chi connectivity index (χ4v) is 2.91. The predicted molar refractivity (Wildman–Crippen MR) is 98.7 cm³/mol. The van der Waals surface area contributed by atoms with Crippen LogP contribution in [0.5, 0.6) is 0 Å². The summed E-state index contributed by atoms with van der Waals surface area (Å²) < 4.78 is 2.10. The Bertz CT molecular complexity index is 839. The first-order chi connectivity index (χ1) is 12.2. The zero-order valence-electron chi connectivity index (χ0n) is 14.4. The summed E-state index contributed by atoms with van der Waals surface area (Å²) in [7, 11) is 0. The number of carbonyl (C=O) groups is 1. The highest BCUT2D eigenvalue weighted by molar-refractivity contribution is 5.79. The summed E-state index contributed by atoms with van der Waals surface area (Å²) in [5.41, 5.74) is 2.99. The Morgan fingerprint density at radius 1 is 1.16 bits per heavy atom. The molecule has 0 radical (unpaired) electrons. The van der Waals surface area contributed by atoms with E-state index in [1.165, 1.54) is 0 Å². The maximum Gasteiger partial charge on any atom is 0.220 e. The molecule has 130 valence electrons. The normalized spacial score (nSPS) is 12.2. The minimum Gasteiger partial charge on any atom is -0.394 e. The summed E-state index contributed by atoms with van der Waals surface area (Å²) in [6.45, 7) is 1.90. The van der Waals surface area contributed by atoms with E-state index in [0.29, 0.717) is 19.3 Å². The van der Waals surface area contributed by atoms with Gasteiger partial charge in [0.1, 0.15) is 5.82 Å². The summed E-state index contributed by atoms with van der Waals surface area (Å²) in [6, 6.07) is 17.8. The van der Waals surface area contributed by atoms with E-state index in [1.54, 1.807) is 0 Å². The molecule has 3 aromatic rings. The second-order valence-corrected chi connectivity index (χ2v) is 6.04. The van der Waals surface area contributed by atoms with Crippen molar-refractivity contribution < 1.29 is 9.90 Å². The van der Waals surface area contributed by atoms with Crippen LogP contribution in [0.1, 0.15) is 25.6 Å². The topological polar surface area (TPSA) is 67.2 Å². The lowest BCUT2D eigenvalue weighted by Gasteiger charge is -2.14. The number of fused-ring (bicyclic) bond motifs is 1. The summed E-state index contributed by atoms with van der Waals surface area (Å²) in [5.74, 6) is 0.798. The molecule has 1 unspecified atom stereocenters. The second kappa shape index (κ2) is 7.94. The van der Waals surface area contributed by atoms with E-state index in [9.17, 15) is 9.90 Å². The van der Waals surface area contributed by atoms with Crippen LogP contribution in [-0.2, 0) is 11.2 Å². The van der Waals surface area contributed by atoms with Crippen LogP contribution in [0.4, 0.5) is 0 Å². The van der Waals surface area contributed by atoms with Crippen LogP contribution in [0, 0.1) is 0 Å². The first-order valence-electron chi connectivity index (χ1n) is 8.65. The Morgan fingerprint density at radius 2 is 1.88 bits per heavy atom. The van der Waals surface area contributed by atoms with Crippen molar-refractivity contribution in [1.82, 2.24) is 14.9 Å². The van der Waals surface area contributed by atoms with Crippen LogP contribution in [0.25, 0.3) is 16.7 Å². The molecule has 2 aromatic carbocycles. The van der Waals surface area contributed by atoms with Crippen molar-refractivity contribution in [1.29, 1.82) is 0 Å². The minimum atomic E-state index is -0.180. The van der Waals surface area contributed by atoms with Crippen molar-refractivity contribution in [2.24, 2.45) is 0 Å². The summed E-state index contributed by atoms with van der Waals surface area (Å²) in [6.07, 6.45) is 1.59. The molecule has 25 heavy (non-hydrogen) atoms. The molecule has 1 atom stereocenters. The minimum absolute atomic E-state index is 0.0369. The molecule has 3 rings (SSSR count). The highest BCUT2D eigenvalue weighted by Gasteiger charge is 2.14. The van der Waals surface area contributed by atoms with Gasteiger partial charge in [-0.25, -0.2) is 4.98 Å². The number of rotatable bonds is 7. The molecule has 1 heterocycles. The lowest BCUT2D eigenvalue weighted by molar-refractivity contribution is -0.122. The number of aliphatic hydroxyl groups excluding tert-OH is 1. The Kier molecular flexibility index (Phi) is 5.46. The van der Waals surface area contributed by atoms with E-state index in [2.05, 4.69) is 9.88 Å². The highest BCUT2D eigenvalue weighted by Crippen LogP contribution is 2.22. The molecule has 0 aliphatic rings. The third kappa shape index (κ3) is 3.88. The number of carbonyl (C=O) groups excluding carboxylic acids is 1. The molecular weight excluding hydrogens is 314 g/mol. The Hall–Kier alpha value is -2.66. The fraction of sp³-hybridized carbons (Fsp3) is 0.300. The molecule has 5 heteroatoms. The number of hydrogen-bond acceptors (Lipinski definition) is 3. The van der Waals surface area contributed by atoms with Crippen LogP contribution in [-0.4, -0.2) is 33.2 Å². The average Bonchev–Trinajstić information content (AvgIpc) is 3.03. The van der Waals surface area contributed by atoms with Crippen molar-refractivity contribution in [2.45, 2.75) is 32.2 Å². The maximum absolute atomic E-state index is 12.1. The number of nitrogens with zero attached hydrogens (tertiary/aromatic N) is 2. The van der Waals surface area contributed by atoms with Gasteiger partial charge in [0.2, 0.25) is 5.91 Å². The third-order valence-corrected chi connectivity index (χ3v) is 4.30. The molecule has 0 spiro atoms. The maximum atomic E-state index is 12.1. The van der Waals surface area contributed by atoms with Crippen molar-refractivity contribution in [3.63, 3.8) is 0 Å². The number of nitrogens with one attached hydrogen (secondary N) is 1. The van der Waals surface area contributed by atoms with E-state index < -0.39 is 0 Å². The monoisotopic (exact) mass is 337 g/mol. The summed E-state index contributed by atoms with van der Waals surface area (Å²) in [4.78, 5) is 16.9. The van der Waals surface area contributed by atoms with Gasteiger partial charge in [-0.3, -0.25) is 9.36 Å². The van der Waals surface area contributed by atoms with Gasteiger partial charge in [0.15, 0.2) is 0 Å². The van der Waals surface area contributed by atoms with Crippen LogP contribution in [0.3, 0.4) is 0 Å². The zero-order valence-corrected chi connectivity index (χ0v) is 14.4. The number of aliphatic hydroxyl groups is 1. The summed E-state index contributed by atoms with van der Waals surface area (Å²) in [5, 5.41) is 12.1. The lowest BCUT2D eigenvalue weighted by Crippen LogP contribution is -2.37. The van der Waals surface area contributed by atoms with Gasteiger partial charge in [-0.05, 0) is 30.7 Å². The van der Waals surface area contributed by atoms with Crippen molar-refractivity contribution in [3.8, 4) is 5.69 Å². The molecule has 2 N–H and O–H groups in total. The Morgan fingerprint density at radius 3 is 2.60 bits per heavy atom. The number of hydrogen-bond donors (Lipinski definition) is 2. The molecule has 1 aromatic heterocycles. The second-order valence-electron chi connectivity index (χ2n) is 6.04. The number of para-hydroxylation sites is 3. The Balaban J connectivity index is 1.85. The quantitative estimate of drug-likeness (QED) is 0.697. The number of amides is 1. The highest BCUT2D eigenvalue weighted by atomic mass is 16.3. The Labute approximate surface area is 147 Å². The largest absolute Gasteiger partial charge is 0.394 e. The van der Waals surface area contributed by atoms with Gasteiger partial charge >= 0.3 is 0 Å². The average molecular weight is 337 g/mol.